The Morgan fingerprint density at radius 1 is 1.13 bits per heavy atom. The van der Waals surface area contributed by atoms with Crippen molar-refractivity contribution >= 4 is 11.6 Å². The number of ketones is 2. The van der Waals surface area contributed by atoms with E-state index in [1.165, 1.54) is 0 Å². The van der Waals surface area contributed by atoms with E-state index < -0.39 is 11.6 Å². The number of morpholine rings is 1. The first-order valence-electron chi connectivity index (χ1n) is 7.77. The minimum atomic E-state index is -0.508. The molecule has 1 aliphatic carbocycles. The van der Waals surface area contributed by atoms with Gasteiger partial charge in [0, 0.05) is 24.2 Å². The fraction of sp³-hybridized carbons (Fsp3) is 0.353. The maximum absolute atomic E-state index is 12.3. The number of carbonyl (C=O) groups excluding carboxylic acids is 2. The Morgan fingerprint density at radius 2 is 1.83 bits per heavy atom. The van der Waals surface area contributed by atoms with Gasteiger partial charge in [-0.3, -0.25) is 14.5 Å². The molecule has 0 saturated carbocycles. The van der Waals surface area contributed by atoms with E-state index in [9.17, 15) is 9.59 Å². The van der Waals surface area contributed by atoms with E-state index in [1.54, 1.807) is 12.1 Å². The number of hydrogen-bond acceptors (Lipinski definition) is 5. The number of carbonyl (C=O) groups is 2. The monoisotopic (exact) mass is 311 g/mol. The number of aromatic nitrogens is 2. The maximum atomic E-state index is 12.3. The third kappa shape index (κ3) is 2.22. The maximum Gasteiger partial charge on any atom is 0.251 e. The second kappa shape index (κ2) is 5.40. The summed E-state index contributed by atoms with van der Waals surface area (Å²) in [6, 6.07) is 7.17. The molecule has 0 bridgehead atoms. The molecule has 1 aromatic heterocycles. The van der Waals surface area contributed by atoms with Crippen LogP contribution < -0.4 is 0 Å². The number of imidazole rings is 1. The molecule has 6 heteroatoms. The normalized spacial score (nSPS) is 19.3. The van der Waals surface area contributed by atoms with Crippen LogP contribution >= 0.6 is 0 Å². The van der Waals surface area contributed by atoms with Crippen molar-refractivity contribution in [3.05, 3.63) is 41.3 Å². The summed E-state index contributed by atoms with van der Waals surface area (Å²) in [4.78, 5) is 34.6. The van der Waals surface area contributed by atoms with Crippen LogP contribution in [0.25, 0.3) is 11.3 Å². The summed E-state index contributed by atoms with van der Waals surface area (Å²) in [5.74, 6) is -0.260. The fourth-order valence-electron chi connectivity index (χ4n) is 3.21. The van der Waals surface area contributed by atoms with Crippen LogP contribution in [0.15, 0.2) is 24.3 Å². The SMILES string of the molecule is C[C@H](c1nc2c([nH]1)C(=O)C(=O)c1ccccc1-2)N1CCOCC1. The molecule has 1 fully saturated rings. The summed E-state index contributed by atoms with van der Waals surface area (Å²) >= 11 is 0. The number of fused-ring (bicyclic) bond motifs is 3. The molecule has 4 rings (SSSR count). The number of rotatable bonds is 2. The van der Waals surface area contributed by atoms with Crippen LogP contribution in [0, 0.1) is 0 Å². The summed E-state index contributed by atoms with van der Waals surface area (Å²) < 4.78 is 5.37. The van der Waals surface area contributed by atoms with Crippen LogP contribution in [-0.2, 0) is 4.74 Å². The quantitative estimate of drug-likeness (QED) is 0.857. The predicted molar refractivity (Wildman–Crippen MR) is 83.5 cm³/mol. The fourth-order valence-corrected chi connectivity index (χ4v) is 3.21. The van der Waals surface area contributed by atoms with E-state index in [2.05, 4.69) is 14.9 Å². The minimum Gasteiger partial charge on any atom is -0.379 e. The van der Waals surface area contributed by atoms with Crippen LogP contribution in [0.2, 0.25) is 0 Å². The standard InChI is InChI=1S/C17H17N3O3/c1-10(20-6-8-23-9-7-20)17-18-13-11-4-2-3-5-12(11)15(21)16(22)14(13)19-17/h2-5,10H,6-9H2,1H3,(H,18,19)/t10-/m1/s1. The van der Waals surface area contributed by atoms with Crippen LogP contribution in [0.5, 0.6) is 0 Å². The highest BCUT2D eigenvalue weighted by molar-refractivity contribution is 6.52. The summed E-state index contributed by atoms with van der Waals surface area (Å²) in [6.07, 6.45) is 0. The Labute approximate surface area is 133 Å². The van der Waals surface area contributed by atoms with Gasteiger partial charge in [0.25, 0.3) is 5.78 Å². The molecule has 0 unspecified atom stereocenters. The Kier molecular flexibility index (Phi) is 3.36. The molecular weight excluding hydrogens is 294 g/mol. The van der Waals surface area contributed by atoms with Gasteiger partial charge in [0.05, 0.1) is 19.3 Å². The molecule has 1 N–H and O–H groups in total. The topological polar surface area (TPSA) is 75.3 Å². The molecule has 1 atom stereocenters. The lowest BCUT2D eigenvalue weighted by molar-refractivity contribution is 0.0183. The Balaban J connectivity index is 1.76. The van der Waals surface area contributed by atoms with Gasteiger partial charge >= 0.3 is 0 Å². The summed E-state index contributed by atoms with van der Waals surface area (Å²) in [6.45, 7) is 5.11. The Morgan fingerprint density at radius 3 is 2.57 bits per heavy atom. The number of benzene rings is 1. The van der Waals surface area contributed by atoms with E-state index in [-0.39, 0.29) is 6.04 Å². The first-order chi connectivity index (χ1) is 11.2. The molecular formula is C17H17N3O3. The summed E-state index contributed by atoms with van der Waals surface area (Å²) in [5, 5.41) is 0. The number of aromatic amines is 1. The van der Waals surface area contributed by atoms with Gasteiger partial charge < -0.3 is 9.72 Å². The number of nitrogens with one attached hydrogen (secondary N) is 1. The van der Waals surface area contributed by atoms with Crippen LogP contribution in [0.4, 0.5) is 0 Å². The highest BCUT2D eigenvalue weighted by Gasteiger charge is 2.34. The lowest BCUT2D eigenvalue weighted by Gasteiger charge is -2.31. The molecule has 1 aromatic carbocycles. The van der Waals surface area contributed by atoms with E-state index in [0.717, 1.165) is 24.5 Å². The van der Waals surface area contributed by atoms with Crippen LogP contribution in [0.1, 0.15) is 39.6 Å². The number of nitrogens with zero attached hydrogens (tertiary/aromatic N) is 2. The second-order valence-electron chi connectivity index (χ2n) is 5.87. The average molecular weight is 311 g/mol. The smallest absolute Gasteiger partial charge is 0.251 e. The Hall–Kier alpha value is -2.31. The highest BCUT2D eigenvalue weighted by atomic mass is 16.5. The number of Topliss-reactive ketones (excluding diaryl/α,β-unsaturated/α-hetero) is 2. The van der Waals surface area contributed by atoms with Gasteiger partial charge in [0.2, 0.25) is 5.78 Å². The van der Waals surface area contributed by atoms with Crippen molar-refractivity contribution in [3.63, 3.8) is 0 Å². The molecule has 118 valence electrons. The number of hydrogen-bond donors (Lipinski definition) is 1. The van der Waals surface area contributed by atoms with Gasteiger partial charge in [-0.1, -0.05) is 24.3 Å². The molecule has 6 nitrogen and oxygen atoms in total. The van der Waals surface area contributed by atoms with Gasteiger partial charge in [-0.05, 0) is 6.92 Å². The lowest BCUT2D eigenvalue weighted by Crippen LogP contribution is -2.38. The molecule has 0 radical (unpaired) electrons. The van der Waals surface area contributed by atoms with Crippen LogP contribution in [0.3, 0.4) is 0 Å². The Bertz CT molecular complexity index is 790. The van der Waals surface area contributed by atoms with Crippen molar-refractivity contribution < 1.29 is 14.3 Å². The average Bonchev–Trinajstić information content (AvgIpc) is 3.05. The van der Waals surface area contributed by atoms with Crippen molar-refractivity contribution in [2.75, 3.05) is 26.3 Å². The predicted octanol–water partition coefficient (Wildman–Crippen LogP) is 1.85. The number of ether oxygens (including phenoxy) is 1. The second-order valence-corrected chi connectivity index (χ2v) is 5.87. The van der Waals surface area contributed by atoms with E-state index >= 15 is 0 Å². The zero-order chi connectivity index (χ0) is 16.0. The molecule has 23 heavy (non-hydrogen) atoms. The van der Waals surface area contributed by atoms with Gasteiger partial charge in [0.1, 0.15) is 17.2 Å². The zero-order valence-electron chi connectivity index (χ0n) is 12.8. The van der Waals surface area contributed by atoms with E-state index in [1.807, 2.05) is 19.1 Å². The van der Waals surface area contributed by atoms with Crippen molar-refractivity contribution in [2.45, 2.75) is 13.0 Å². The molecule has 0 spiro atoms. The first kappa shape index (κ1) is 14.3. The van der Waals surface area contributed by atoms with Crippen molar-refractivity contribution in [2.24, 2.45) is 0 Å². The largest absolute Gasteiger partial charge is 0.379 e. The van der Waals surface area contributed by atoms with Gasteiger partial charge in [0.15, 0.2) is 0 Å². The van der Waals surface area contributed by atoms with Crippen molar-refractivity contribution in [1.82, 2.24) is 14.9 Å². The zero-order valence-corrected chi connectivity index (χ0v) is 12.8. The third-order valence-corrected chi connectivity index (χ3v) is 4.57. The minimum absolute atomic E-state index is 0.0413. The van der Waals surface area contributed by atoms with E-state index in [4.69, 9.17) is 4.74 Å². The van der Waals surface area contributed by atoms with Gasteiger partial charge in [-0.25, -0.2) is 4.98 Å². The highest BCUT2D eigenvalue weighted by Crippen LogP contribution is 2.33. The molecule has 1 saturated heterocycles. The van der Waals surface area contributed by atoms with Gasteiger partial charge in [-0.15, -0.1) is 0 Å². The van der Waals surface area contributed by atoms with Crippen LogP contribution in [-0.4, -0.2) is 52.7 Å². The van der Waals surface area contributed by atoms with Crippen molar-refractivity contribution in [1.29, 1.82) is 0 Å². The van der Waals surface area contributed by atoms with E-state index in [0.29, 0.717) is 30.2 Å². The van der Waals surface area contributed by atoms with Gasteiger partial charge in [-0.2, -0.15) is 0 Å². The molecule has 0 amide bonds. The summed E-state index contributed by atoms with van der Waals surface area (Å²) in [5.41, 5.74) is 2.05. The molecule has 2 aromatic rings. The first-order valence-corrected chi connectivity index (χ1v) is 7.77. The third-order valence-electron chi connectivity index (χ3n) is 4.57. The number of H-pyrrole nitrogens is 1. The molecule has 2 heterocycles. The molecule has 2 aliphatic rings. The lowest BCUT2D eigenvalue weighted by atomic mass is 9.90. The molecule has 1 aliphatic heterocycles. The van der Waals surface area contributed by atoms with Crippen molar-refractivity contribution in [3.8, 4) is 11.3 Å². The summed E-state index contributed by atoms with van der Waals surface area (Å²) in [7, 11) is 0.